The summed E-state index contributed by atoms with van der Waals surface area (Å²) in [5, 5.41) is 4.09. The molecule has 1 fully saturated rings. The molecule has 1 aliphatic heterocycles. The van der Waals surface area contributed by atoms with Crippen LogP contribution in [0.1, 0.15) is 176 Å². The van der Waals surface area contributed by atoms with Crippen LogP contribution >= 0.6 is 0 Å². The molecule has 0 saturated carbocycles. The van der Waals surface area contributed by atoms with Crippen molar-refractivity contribution in [3.05, 3.63) is 0 Å². The quantitative estimate of drug-likeness (QED) is 0.161. The van der Waals surface area contributed by atoms with E-state index in [1.54, 1.807) is 0 Å². The van der Waals surface area contributed by atoms with E-state index in [1.165, 1.54) is 141 Å². The summed E-state index contributed by atoms with van der Waals surface area (Å²) in [5.41, 5.74) is 0.563. The van der Waals surface area contributed by atoms with Gasteiger partial charge in [0.1, 0.15) is 0 Å². The Bertz CT molecular complexity index is 407. The fourth-order valence-electron chi connectivity index (χ4n) is 6.06. The lowest BCUT2D eigenvalue weighted by molar-refractivity contribution is -0.0433. The van der Waals surface area contributed by atoms with Gasteiger partial charge in [-0.2, -0.15) is 0 Å². The molecule has 0 bridgehead atoms. The van der Waals surface area contributed by atoms with Gasteiger partial charge in [-0.25, -0.2) is 0 Å². The van der Waals surface area contributed by atoms with E-state index in [4.69, 9.17) is 4.74 Å². The standard InChI is InChI=1S/C31H63NO/c1-6-11-12-13-14-15-16-17-18-19-20-21-22-23-24-25-26-33-29-27-30(7-2,8-3)32-31(9-4,10-5)28-29/h29,32H,6-28H2,1-5H3. The van der Waals surface area contributed by atoms with Gasteiger partial charge in [-0.3, -0.25) is 0 Å². The first-order valence-electron chi connectivity index (χ1n) is 15.5. The van der Waals surface area contributed by atoms with Crippen molar-refractivity contribution in [1.29, 1.82) is 0 Å². The summed E-state index contributed by atoms with van der Waals surface area (Å²) >= 11 is 0. The molecule has 1 aliphatic rings. The molecule has 198 valence electrons. The van der Waals surface area contributed by atoms with Crippen LogP contribution in [0.25, 0.3) is 0 Å². The maximum atomic E-state index is 6.48. The zero-order valence-electron chi connectivity index (χ0n) is 23.7. The fraction of sp³-hybridized carbons (Fsp3) is 1.00. The molecule has 0 aromatic carbocycles. The minimum Gasteiger partial charge on any atom is -0.378 e. The highest BCUT2D eigenvalue weighted by molar-refractivity contribution is 5.04. The second-order valence-electron chi connectivity index (χ2n) is 11.3. The Morgan fingerprint density at radius 2 is 0.848 bits per heavy atom. The number of rotatable bonds is 22. The first-order valence-corrected chi connectivity index (χ1v) is 15.5. The average molecular weight is 466 g/mol. The van der Waals surface area contributed by atoms with Crippen LogP contribution in [0.5, 0.6) is 0 Å². The Balaban J connectivity index is 2.00. The SMILES string of the molecule is CCCCCCCCCCCCCCCCCCOC1CC(CC)(CC)NC(CC)(CC)C1. The van der Waals surface area contributed by atoms with E-state index in [9.17, 15) is 0 Å². The molecule has 0 unspecified atom stereocenters. The molecular weight excluding hydrogens is 402 g/mol. The summed E-state index contributed by atoms with van der Waals surface area (Å²) in [5.74, 6) is 0. The van der Waals surface area contributed by atoms with Crippen molar-refractivity contribution >= 4 is 0 Å². The molecule has 0 aliphatic carbocycles. The van der Waals surface area contributed by atoms with Gasteiger partial charge in [-0.15, -0.1) is 0 Å². The number of ether oxygens (including phenoxy) is 1. The third kappa shape index (κ3) is 13.0. The van der Waals surface area contributed by atoms with Crippen LogP contribution in [-0.4, -0.2) is 23.8 Å². The lowest BCUT2D eigenvalue weighted by Crippen LogP contribution is -2.64. The van der Waals surface area contributed by atoms with Crippen LogP contribution in [0, 0.1) is 0 Å². The van der Waals surface area contributed by atoms with Crippen LogP contribution in [-0.2, 0) is 4.74 Å². The van der Waals surface area contributed by atoms with E-state index >= 15 is 0 Å². The van der Waals surface area contributed by atoms with Gasteiger partial charge in [0, 0.05) is 17.7 Å². The van der Waals surface area contributed by atoms with Crippen molar-refractivity contribution < 1.29 is 4.74 Å². The Morgan fingerprint density at radius 3 is 1.18 bits per heavy atom. The molecule has 1 rings (SSSR count). The number of hydrogen-bond donors (Lipinski definition) is 1. The van der Waals surface area contributed by atoms with Crippen LogP contribution < -0.4 is 5.32 Å². The molecule has 0 amide bonds. The number of nitrogens with one attached hydrogen (secondary N) is 1. The molecule has 2 nitrogen and oxygen atoms in total. The average Bonchev–Trinajstić information content (AvgIpc) is 2.85. The predicted octanol–water partition coefficient (Wildman–Crippen LogP) is 10.1. The van der Waals surface area contributed by atoms with Crippen molar-refractivity contribution in [2.45, 2.75) is 193 Å². The topological polar surface area (TPSA) is 21.3 Å². The second kappa shape index (κ2) is 19.1. The zero-order valence-corrected chi connectivity index (χ0v) is 23.7. The van der Waals surface area contributed by atoms with E-state index in [2.05, 4.69) is 39.9 Å². The van der Waals surface area contributed by atoms with Crippen LogP contribution in [0.4, 0.5) is 0 Å². The molecule has 1 N–H and O–H groups in total. The minimum atomic E-state index is 0.281. The largest absolute Gasteiger partial charge is 0.378 e. The highest BCUT2D eigenvalue weighted by atomic mass is 16.5. The summed E-state index contributed by atoms with van der Waals surface area (Å²) < 4.78 is 6.48. The Hall–Kier alpha value is -0.0800. The van der Waals surface area contributed by atoms with Crippen LogP contribution in [0.3, 0.4) is 0 Å². The van der Waals surface area contributed by atoms with Gasteiger partial charge in [0.05, 0.1) is 6.10 Å². The maximum Gasteiger partial charge on any atom is 0.0610 e. The van der Waals surface area contributed by atoms with Crippen molar-refractivity contribution in [3.63, 3.8) is 0 Å². The van der Waals surface area contributed by atoms with Crippen molar-refractivity contribution in [2.24, 2.45) is 0 Å². The lowest BCUT2D eigenvalue weighted by Gasteiger charge is -2.52. The second-order valence-corrected chi connectivity index (χ2v) is 11.3. The highest BCUT2D eigenvalue weighted by Crippen LogP contribution is 2.38. The fourth-order valence-corrected chi connectivity index (χ4v) is 6.06. The van der Waals surface area contributed by atoms with Gasteiger partial charge >= 0.3 is 0 Å². The molecule has 0 aromatic heterocycles. The van der Waals surface area contributed by atoms with E-state index in [-0.39, 0.29) is 11.1 Å². The Morgan fingerprint density at radius 1 is 0.515 bits per heavy atom. The van der Waals surface area contributed by atoms with Crippen molar-refractivity contribution in [2.75, 3.05) is 6.61 Å². The summed E-state index contributed by atoms with van der Waals surface area (Å²) in [7, 11) is 0. The van der Waals surface area contributed by atoms with Gasteiger partial charge in [0.25, 0.3) is 0 Å². The smallest absolute Gasteiger partial charge is 0.0610 e. The molecule has 0 radical (unpaired) electrons. The highest BCUT2D eigenvalue weighted by Gasteiger charge is 2.44. The third-order valence-electron chi connectivity index (χ3n) is 8.83. The van der Waals surface area contributed by atoms with E-state index in [0.29, 0.717) is 6.10 Å². The minimum absolute atomic E-state index is 0.281. The summed E-state index contributed by atoms with van der Waals surface area (Å²) in [6, 6.07) is 0. The van der Waals surface area contributed by atoms with Gasteiger partial charge in [-0.1, -0.05) is 131 Å². The monoisotopic (exact) mass is 465 g/mol. The normalized spacial score (nSPS) is 18.1. The molecule has 33 heavy (non-hydrogen) atoms. The summed E-state index contributed by atoms with van der Waals surface area (Å²) in [6.45, 7) is 12.7. The molecule has 2 heteroatoms. The Labute approximate surface area is 209 Å². The number of unbranched alkanes of at least 4 members (excludes halogenated alkanes) is 15. The summed E-state index contributed by atoms with van der Waals surface area (Å²) in [6.07, 6.45) is 30.5. The molecule has 0 atom stereocenters. The third-order valence-corrected chi connectivity index (χ3v) is 8.83. The maximum absolute atomic E-state index is 6.48. The van der Waals surface area contributed by atoms with Gasteiger partial charge in [-0.05, 0) is 44.9 Å². The van der Waals surface area contributed by atoms with Gasteiger partial charge < -0.3 is 10.1 Å². The molecule has 0 spiro atoms. The first kappa shape index (κ1) is 31.0. The molecule has 0 aromatic rings. The van der Waals surface area contributed by atoms with Crippen LogP contribution in [0.15, 0.2) is 0 Å². The van der Waals surface area contributed by atoms with E-state index in [1.807, 2.05) is 0 Å². The molecular formula is C31H63NO. The van der Waals surface area contributed by atoms with E-state index < -0.39 is 0 Å². The number of hydrogen-bond acceptors (Lipinski definition) is 2. The zero-order chi connectivity index (χ0) is 24.3. The van der Waals surface area contributed by atoms with Crippen LogP contribution in [0.2, 0.25) is 0 Å². The van der Waals surface area contributed by atoms with Gasteiger partial charge in [0.2, 0.25) is 0 Å². The lowest BCUT2D eigenvalue weighted by atomic mass is 9.72. The first-order chi connectivity index (χ1) is 16.1. The molecule has 1 heterocycles. The summed E-state index contributed by atoms with van der Waals surface area (Å²) in [4.78, 5) is 0. The van der Waals surface area contributed by atoms with Crippen molar-refractivity contribution in [3.8, 4) is 0 Å². The predicted molar refractivity (Wildman–Crippen MR) is 148 cm³/mol. The van der Waals surface area contributed by atoms with Gasteiger partial charge in [0.15, 0.2) is 0 Å². The van der Waals surface area contributed by atoms with E-state index in [0.717, 1.165) is 6.61 Å². The molecule has 1 saturated heterocycles. The number of piperidine rings is 1. The van der Waals surface area contributed by atoms with Crippen molar-refractivity contribution in [1.82, 2.24) is 5.32 Å². The Kier molecular flexibility index (Phi) is 18.0.